The lowest BCUT2D eigenvalue weighted by Crippen LogP contribution is -1.82. The van der Waals surface area contributed by atoms with Crippen molar-refractivity contribution in [2.24, 2.45) is 0 Å². The molecule has 4 heteroatoms. The third-order valence-corrected chi connectivity index (χ3v) is 1.85. The van der Waals surface area contributed by atoms with Gasteiger partial charge in [0.15, 0.2) is 6.39 Å². The van der Waals surface area contributed by atoms with Crippen LogP contribution in [-0.2, 0) is 0 Å². The fraction of sp³-hybridized carbons (Fsp3) is 0. The van der Waals surface area contributed by atoms with E-state index in [1.165, 1.54) is 6.39 Å². The van der Waals surface area contributed by atoms with Gasteiger partial charge in [-0.3, -0.25) is 0 Å². The summed E-state index contributed by atoms with van der Waals surface area (Å²) in [6.45, 7) is 0. The van der Waals surface area contributed by atoms with Crippen LogP contribution in [0.3, 0.4) is 0 Å². The summed E-state index contributed by atoms with van der Waals surface area (Å²) in [6.07, 6.45) is 2.95. The first-order valence-corrected chi connectivity index (χ1v) is 4.17. The van der Waals surface area contributed by atoms with Crippen molar-refractivity contribution >= 4 is 15.9 Å². The van der Waals surface area contributed by atoms with Gasteiger partial charge in [0.05, 0.1) is 5.69 Å². The Morgan fingerprint density at radius 2 is 2.17 bits per heavy atom. The maximum absolute atomic E-state index is 4.84. The van der Waals surface area contributed by atoms with Gasteiger partial charge in [-0.15, -0.1) is 0 Å². The second-order valence-electron chi connectivity index (χ2n) is 2.22. The summed E-state index contributed by atoms with van der Waals surface area (Å²) in [4.78, 5) is 8.19. The van der Waals surface area contributed by atoms with Crippen molar-refractivity contribution in [1.29, 1.82) is 0 Å². The average molecular weight is 225 g/mol. The number of halogens is 1. The summed E-state index contributed by atoms with van der Waals surface area (Å²) in [5.41, 5.74) is 1.55. The molecule has 0 N–H and O–H groups in total. The van der Waals surface area contributed by atoms with Crippen molar-refractivity contribution in [1.82, 2.24) is 9.97 Å². The first-order chi connectivity index (χ1) is 5.86. The first kappa shape index (κ1) is 7.49. The van der Waals surface area contributed by atoms with E-state index in [0.717, 1.165) is 16.0 Å². The van der Waals surface area contributed by atoms with Gasteiger partial charge in [0, 0.05) is 0 Å². The molecule has 0 fully saturated rings. The van der Waals surface area contributed by atoms with Crippen LogP contribution in [0.25, 0.3) is 11.4 Å². The van der Waals surface area contributed by atoms with E-state index >= 15 is 0 Å². The molecule has 0 amide bonds. The maximum Gasteiger partial charge on any atom is 0.181 e. The Hall–Kier alpha value is -1.16. The van der Waals surface area contributed by atoms with Gasteiger partial charge in [-0.05, 0) is 28.1 Å². The van der Waals surface area contributed by atoms with Crippen LogP contribution in [0.2, 0.25) is 0 Å². The molecule has 0 saturated carbocycles. The van der Waals surface area contributed by atoms with E-state index in [4.69, 9.17) is 4.42 Å². The van der Waals surface area contributed by atoms with Crippen molar-refractivity contribution in [2.45, 2.75) is 0 Å². The zero-order chi connectivity index (χ0) is 8.39. The Morgan fingerprint density at radius 3 is 2.83 bits per heavy atom. The van der Waals surface area contributed by atoms with Crippen LogP contribution in [0.4, 0.5) is 0 Å². The summed E-state index contributed by atoms with van der Waals surface area (Å²) < 4.78 is 5.64. The molecule has 0 spiro atoms. The van der Waals surface area contributed by atoms with Crippen LogP contribution < -0.4 is 0 Å². The average Bonchev–Trinajstić information content (AvgIpc) is 2.56. The molecular formula is C8H5BrN2O. The van der Waals surface area contributed by atoms with Crippen molar-refractivity contribution < 1.29 is 4.42 Å². The van der Waals surface area contributed by atoms with E-state index in [9.17, 15) is 0 Å². The van der Waals surface area contributed by atoms with E-state index in [2.05, 4.69) is 25.9 Å². The van der Waals surface area contributed by atoms with Crippen LogP contribution in [-0.4, -0.2) is 9.97 Å². The van der Waals surface area contributed by atoms with Crippen LogP contribution in [0.1, 0.15) is 0 Å². The lowest BCUT2D eigenvalue weighted by atomic mass is 10.3. The normalized spacial score (nSPS) is 10.1. The molecule has 0 unspecified atom stereocenters. The largest absolute Gasteiger partial charge is 0.451 e. The molecule has 0 aliphatic rings. The monoisotopic (exact) mass is 224 g/mol. The predicted octanol–water partition coefficient (Wildman–Crippen LogP) is 2.50. The first-order valence-electron chi connectivity index (χ1n) is 3.37. The van der Waals surface area contributed by atoms with Crippen molar-refractivity contribution in [3.05, 3.63) is 35.5 Å². The zero-order valence-electron chi connectivity index (χ0n) is 6.07. The number of hydrogen-bond donors (Lipinski definition) is 0. The third kappa shape index (κ3) is 1.38. The lowest BCUT2D eigenvalue weighted by molar-refractivity contribution is 0.558. The minimum absolute atomic E-state index is 0.747. The van der Waals surface area contributed by atoms with E-state index in [1.54, 1.807) is 6.26 Å². The Bertz CT molecular complexity index is 372. The molecule has 0 bridgehead atoms. The fourth-order valence-electron chi connectivity index (χ4n) is 0.890. The van der Waals surface area contributed by atoms with E-state index in [1.807, 2.05) is 18.2 Å². The van der Waals surface area contributed by atoms with Crippen LogP contribution in [0.5, 0.6) is 0 Å². The summed E-state index contributed by atoms with van der Waals surface area (Å²) in [7, 11) is 0. The van der Waals surface area contributed by atoms with Gasteiger partial charge in [0.1, 0.15) is 16.6 Å². The minimum atomic E-state index is 0.747. The molecule has 2 aromatic rings. The van der Waals surface area contributed by atoms with E-state index < -0.39 is 0 Å². The minimum Gasteiger partial charge on any atom is -0.451 e. The van der Waals surface area contributed by atoms with Gasteiger partial charge in [-0.1, -0.05) is 6.07 Å². The van der Waals surface area contributed by atoms with Gasteiger partial charge in [0.25, 0.3) is 0 Å². The van der Waals surface area contributed by atoms with Crippen LogP contribution >= 0.6 is 15.9 Å². The molecule has 60 valence electrons. The molecule has 0 radical (unpaired) electrons. The quantitative estimate of drug-likeness (QED) is 0.700. The number of oxazole rings is 1. The Kier molecular flexibility index (Phi) is 1.91. The van der Waals surface area contributed by atoms with Crippen molar-refractivity contribution in [2.75, 3.05) is 0 Å². The molecule has 3 nitrogen and oxygen atoms in total. The molecule has 2 rings (SSSR count). The van der Waals surface area contributed by atoms with Gasteiger partial charge in [-0.2, -0.15) is 0 Å². The van der Waals surface area contributed by atoms with Crippen molar-refractivity contribution in [3.63, 3.8) is 0 Å². The number of rotatable bonds is 1. The van der Waals surface area contributed by atoms with Crippen LogP contribution in [0, 0.1) is 0 Å². The maximum atomic E-state index is 4.84. The lowest BCUT2D eigenvalue weighted by Gasteiger charge is -1.93. The molecule has 0 atom stereocenters. The molecule has 2 heterocycles. The van der Waals surface area contributed by atoms with Gasteiger partial charge >= 0.3 is 0 Å². The standard InChI is InChI=1S/C8H5BrN2O/c9-8-3-1-2-6(11-8)7-4-12-5-10-7/h1-5H. The second-order valence-corrected chi connectivity index (χ2v) is 3.03. The smallest absolute Gasteiger partial charge is 0.181 e. The van der Waals surface area contributed by atoms with Crippen LogP contribution in [0.15, 0.2) is 39.9 Å². The highest BCUT2D eigenvalue weighted by atomic mass is 79.9. The molecule has 0 aliphatic carbocycles. The zero-order valence-corrected chi connectivity index (χ0v) is 7.65. The highest BCUT2D eigenvalue weighted by Crippen LogP contribution is 2.16. The number of pyridine rings is 1. The Labute approximate surface area is 77.6 Å². The fourth-order valence-corrected chi connectivity index (χ4v) is 1.23. The van der Waals surface area contributed by atoms with E-state index in [0.29, 0.717) is 0 Å². The van der Waals surface area contributed by atoms with Crippen molar-refractivity contribution in [3.8, 4) is 11.4 Å². The second kappa shape index (κ2) is 3.06. The molecule has 0 aromatic carbocycles. The highest BCUT2D eigenvalue weighted by molar-refractivity contribution is 9.10. The number of hydrogen-bond acceptors (Lipinski definition) is 3. The topological polar surface area (TPSA) is 38.9 Å². The predicted molar refractivity (Wildman–Crippen MR) is 47.4 cm³/mol. The number of nitrogens with zero attached hydrogens (tertiary/aromatic N) is 2. The molecule has 12 heavy (non-hydrogen) atoms. The molecular weight excluding hydrogens is 220 g/mol. The van der Waals surface area contributed by atoms with Gasteiger partial charge in [0.2, 0.25) is 0 Å². The SMILES string of the molecule is Brc1cccc(-c2cocn2)n1. The van der Waals surface area contributed by atoms with E-state index in [-0.39, 0.29) is 0 Å². The number of aromatic nitrogens is 2. The molecule has 0 aliphatic heterocycles. The summed E-state index contributed by atoms with van der Waals surface area (Å²) in [5.74, 6) is 0. The summed E-state index contributed by atoms with van der Waals surface area (Å²) in [6, 6.07) is 5.65. The molecule has 0 saturated heterocycles. The van der Waals surface area contributed by atoms with Gasteiger partial charge in [-0.25, -0.2) is 9.97 Å². The summed E-state index contributed by atoms with van der Waals surface area (Å²) in [5, 5.41) is 0. The Balaban J connectivity index is 2.48. The Morgan fingerprint density at radius 1 is 1.25 bits per heavy atom. The summed E-state index contributed by atoms with van der Waals surface area (Å²) >= 11 is 3.28. The molecule has 2 aromatic heterocycles. The highest BCUT2D eigenvalue weighted by Gasteiger charge is 2.01. The third-order valence-electron chi connectivity index (χ3n) is 1.41. The van der Waals surface area contributed by atoms with Gasteiger partial charge < -0.3 is 4.42 Å².